The molecular weight excluding hydrogens is 351 g/mol. The summed E-state index contributed by atoms with van der Waals surface area (Å²) in [6, 6.07) is 5.31. The van der Waals surface area contributed by atoms with Crippen LogP contribution in [0, 0.1) is 6.92 Å². The highest BCUT2D eigenvalue weighted by molar-refractivity contribution is 6.18. The van der Waals surface area contributed by atoms with Crippen LogP contribution < -0.4 is 5.32 Å². The van der Waals surface area contributed by atoms with Crippen molar-refractivity contribution in [1.29, 1.82) is 0 Å². The van der Waals surface area contributed by atoms with Gasteiger partial charge >= 0.3 is 5.97 Å². The number of carbonyl (C=O) groups excluding carboxylic acids is 1. The van der Waals surface area contributed by atoms with Crippen LogP contribution in [0.3, 0.4) is 0 Å². The van der Waals surface area contributed by atoms with Crippen molar-refractivity contribution >= 4 is 35.1 Å². The van der Waals surface area contributed by atoms with E-state index in [4.69, 9.17) is 28.3 Å². The lowest BCUT2D eigenvalue weighted by Crippen LogP contribution is -2.34. The number of likely N-dealkylation sites (N-methyl/N-ethyl adjacent to an activating group) is 1. The van der Waals surface area contributed by atoms with Crippen molar-refractivity contribution in [3.05, 3.63) is 34.9 Å². The Morgan fingerprint density at radius 2 is 1.88 bits per heavy atom. The van der Waals surface area contributed by atoms with Crippen LogP contribution in [0.25, 0.3) is 0 Å². The van der Waals surface area contributed by atoms with Crippen LogP contribution in [0.15, 0.2) is 18.2 Å². The molecule has 0 saturated heterocycles. The zero-order valence-electron chi connectivity index (χ0n) is 14.0. The maximum absolute atomic E-state index is 12.6. The molecule has 24 heavy (non-hydrogen) atoms. The largest absolute Gasteiger partial charge is 0.481 e. The number of aryl methyl sites for hydroxylation is 1. The highest BCUT2D eigenvalue weighted by Crippen LogP contribution is 2.16. The summed E-state index contributed by atoms with van der Waals surface area (Å²) in [5.41, 5.74) is 2.55. The molecule has 0 heterocycles. The fourth-order valence-electron chi connectivity index (χ4n) is 2.48. The predicted molar refractivity (Wildman–Crippen MR) is 97.3 cm³/mol. The van der Waals surface area contributed by atoms with E-state index in [0.717, 1.165) is 11.1 Å². The zero-order valence-corrected chi connectivity index (χ0v) is 15.5. The van der Waals surface area contributed by atoms with Gasteiger partial charge < -0.3 is 15.3 Å². The van der Waals surface area contributed by atoms with E-state index >= 15 is 0 Å². The van der Waals surface area contributed by atoms with Gasteiger partial charge in [0.1, 0.15) is 0 Å². The zero-order chi connectivity index (χ0) is 18.1. The number of nitrogens with one attached hydrogen (secondary N) is 1. The third kappa shape index (κ3) is 6.30. The Balaban J connectivity index is 2.99. The minimum atomic E-state index is -0.852. The molecule has 0 aliphatic rings. The van der Waals surface area contributed by atoms with Gasteiger partial charge in [0, 0.05) is 36.5 Å². The summed E-state index contributed by atoms with van der Waals surface area (Å²) in [5, 5.41) is 12.0. The van der Waals surface area contributed by atoms with Crippen molar-refractivity contribution in [3.8, 4) is 0 Å². The summed E-state index contributed by atoms with van der Waals surface area (Å²) in [7, 11) is 1.74. The molecule has 0 saturated carbocycles. The number of carboxylic acids is 1. The van der Waals surface area contributed by atoms with Crippen LogP contribution in [0.4, 0.5) is 0 Å². The fraction of sp³-hybridized carbons (Fsp3) is 0.529. The van der Waals surface area contributed by atoms with Crippen molar-refractivity contribution in [2.45, 2.75) is 25.8 Å². The van der Waals surface area contributed by atoms with Crippen LogP contribution in [0.5, 0.6) is 0 Å². The monoisotopic (exact) mass is 374 g/mol. The van der Waals surface area contributed by atoms with Gasteiger partial charge in [-0.25, -0.2) is 0 Å². The van der Waals surface area contributed by atoms with Crippen molar-refractivity contribution in [3.63, 3.8) is 0 Å². The second-order valence-corrected chi connectivity index (χ2v) is 6.35. The summed E-state index contributed by atoms with van der Waals surface area (Å²) in [4.78, 5) is 25.2. The number of hydrogen-bond donors (Lipinski definition) is 2. The molecule has 0 bridgehead atoms. The topological polar surface area (TPSA) is 69.6 Å². The molecule has 0 fully saturated rings. The smallest absolute Gasteiger partial charge is 0.304 e. The van der Waals surface area contributed by atoms with E-state index in [1.807, 2.05) is 19.1 Å². The van der Waals surface area contributed by atoms with Gasteiger partial charge in [0.2, 0.25) is 0 Å². The van der Waals surface area contributed by atoms with Gasteiger partial charge in [0.15, 0.2) is 0 Å². The van der Waals surface area contributed by atoms with E-state index < -0.39 is 5.97 Å². The predicted octanol–water partition coefficient (Wildman–Crippen LogP) is 2.52. The van der Waals surface area contributed by atoms with Gasteiger partial charge in [-0.2, -0.15) is 0 Å². The Hall–Kier alpha value is -1.30. The molecule has 0 aromatic heterocycles. The van der Waals surface area contributed by atoms with Crippen LogP contribution in [0.2, 0.25) is 0 Å². The van der Waals surface area contributed by atoms with E-state index in [1.54, 1.807) is 18.0 Å². The molecule has 1 amide bonds. The average Bonchev–Trinajstić information content (AvgIpc) is 2.54. The van der Waals surface area contributed by atoms with E-state index in [-0.39, 0.29) is 18.4 Å². The number of halogens is 2. The van der Waals surface area contributed by atoms with Crippen LogP contribution >= 0.6 is 23.2 Å². The van der Waals surface area contributed by atoms with Gasteiger partial charge in [0.25, 0.3) is 5.91 Å². The molecule has 1 aromatic rings. The Morgan fingerprint density at radius 3 is 2.38 bits per heavy atom. The highest BCUT2D eigenvalue weighted by Gasteiger charge is 2.18. The highest BCUT2D eigenvalue weighted by atomic mass is 35.5. The van der Waals surface area contributed by atoms with Crippen molar-refractivity contribution in [2.24, 2.45) is 0 Å². The number of amides is 1. The molecule has 134 valence electrons. The minimum Gasteiger partial charge on any atom is -0.481 e. The summed E-state index contributed by atoms with van der Waals surface area (Å²) in [5.74, 6) is -0.268. The number of carbonyl (C=O) groups is 2. The lowest BCUT2D eigenvalue weighted by Gasteiger charge is -2.22. The molecule has 0 aliphatic carbocycles. The first kappa shape index (κ1) is 20.7. The second kappa shape index (κ2) is 10.5. The molecule has 1 atom stereocenters. The van der Waals surface area contributed by atoms with Crippen molar-refractivity contribution in [1.82, 2.24) is 10.2 Å². The number of carboxylic acid groups (broad SMARTS) is 1. The summed E-state index contributed by atoms with van der Waals surface area (Å²) >= 11 is 11.5. The maximum Gasteiger partial charge on any atom is 0.304 e. The van der Waals surface area contributed by atoms with Gasteiger partial charge in [-0.05, 0) is 43.7 Å². The van der Waals surface area contributed by atoms with Gasteiger partial charge in [-0.1, -0.05) is 6.07 Å². The molecule has 0 unspecified atom stereocenters. The molecule has 0 aliphatic heterocycles. The average molecular weight is 375 g/mol. The second-order valence-electron chi connectivity index (χ2n) is 5.60. The number of benzene rings is 1. The van der Waals surface area contributed by atoms with E-state index in [1.165, 1.54) is 0 Å². The third-order valence-electron chi connectivity index (χ3n) is 3.89. The Kier molecular flexibility index (Phi) is 9.11. The molecule has 0 radical (unpaired) electrons. The molecule has 0 spiro atoms. The first-order valence-corrected chi connectivity index (χ1v) is 8.89. The fourth-order valence-corrected chi connectivity index (χ4v) is 2.89. The standard InChI is InChI=1S/C17H24Cl2N2O3/c1-12-3-4-13(17(24)21(7-5-18)8-6-19)9-14(12)10-15(20-2)11-16(22)23/h3-4,9,15,20H,5-8,10-11H2,1-2H3,(H,22,23)/t15-/m0/s1. The number of hydrogen-bond acceptors (Lipinski definition) is 3. The van der Waals surface area contributed by atoms with Crippen molar-refractivity contribution < 1.29 is 14.7 Å². The normalized spacial score (nSPS) is 12.0. The number of alkyl halides is 2. The molecule has 2 N–H and O–H groups in total. The lowest BCUT2D eigenvalue weighted by molar-refractivity contribution is -0.137. The van der Waals surface area contributed by atoms with E-state index in [0.29, 0.717) is 36.8 Å². The Labute approximate surface area is 152 Å². The first-order valence-electron chi connectivity index (χ1n) is 7.82. The SMILES string of the molecule is CN[C@H](CC(=O)O)Cc1cc(C(=O)N(CCCl)CCCl)ccc1C. The Morgan fingerprint density at radius 1 is 1.25 bits per heavy atom. The summed E-state index contributed by atoms with van der Waals surface area (Å²) < 4.78 is 0. The van der Waals surface area contributed by atoms with Gasteiger partial charge in [-0.3, -0.25) is 9.59 Å². The summed E-state index contributed by atoms with van der Waals surface area (Å²) in [6.45, 7) is 2.83. The molecule has 5 nitrogen and oxygen atoms in total. The molecular formula is C17H24Cl2N2O3. The van der Waals surface area contributed by atoms with Gasteiger partial charge in [0.05, 0.1) is 6.42 Å². The van der Waals surface area contributed by atoms with Gasteiger partial charge in [-0.15, -0.1) is 23.2 Å². The van der Waals surface area contributed by atoms with Crippen LogP contribution in [-0.2, 0) is 11.2 Å². The lowest BCUT2D eigenvalue weighted by atomic mass is 9.96. The van der Waals surface area contributed by atoms with Crippen LogP contribution in [-0.4, -0.2) is 59.8 Å². The molecule has 1 aromatic carbocycles. The number of aliphatic carboxylic acids is 1. The molecule has 7 heteroatoms. The number of nitrogens with zero attached hydrogens (tertiary/aromatic N) is 1. The minimum absolute atomic E-state index is 0.0265. The third-order valence-corrected chi connectivity index (χ3v) is 4.23. The number of rotatable bonds is 10. The maximum atomic E-state index is 12.6. The van der Waals surface area contributed by atoms with E-state index in [2.05, 4.69) is 5.32 Å². The first-order chi connectivity index (χ1) is 11.4. The quantitative estimate of drug-likeness (QED) is 0.617. The summed E-state index contributed by atoms with van der Waals surface area (Å²) in [6.07, 6.45) is 0.569. The molecule has 1 rings (SSSR count). The van der Waals surface area contributed by atoms with E-state index in [9.17, 15) is 9.59 Å². The van der Waals surface area contributed by atoms with Crippen LogP contribution in [0.1, 0.15) is 27.9 Å². The Bertz CT molecular complexity index is 561. The van der Waals surface area contributed by atoms with Crippen molar-refractivity contribution in [2.75, 3.05) is 31.9 Å².